The number of allylic oxidation sites excluding steroid dienone is 1. The first-order chi connectivity index (χ1) is 9.82. The summed E-state index contributed by atoms with van der Waals surface area (Å²) in [5.74, 6) is -0.164. The molecule has 1 aliphatic rings. The number of thiocarbonyl (C=S) groups is 1. The number of aliphatic hydroxyl groups excluding tert-OH is 1. The number of nitriles is 1. The zero-order valence-corrected chi connectivity index (χ0v) is 11.6. The summed E-state index contributed by atoms with van der Waals surface area (Å²) in [7, 11) is 0. The third-order valence-electron chi connectivity index (χ3n) is 3.01. The Morgan fingerprint density at radius 2 is 2.05 bits per heavy atom. The number of nitrogens with zero attached hydrogens (tertiary/aromatic N) is 1. The highest BCUT2D eigenvalue weighted by Gasteiger charge is 2.31. The first kappa shape index (κ1) is 15.3. The van der Waals surface area contributed by atoms with Crippen LogP contribution in [0.15, 0.2) is 35.6 Å². The van der Waals surface area contributed by atoms with Gasteiger partial charge in [0.15, 0.2) is 0 Å². The van der Waals surface area contributed by atoms with Crippen LogP contribution in [0.3, 0.4) is 0 Å². The van der Waals surface area contributed by atoms with Crippen molar-refractivity contribution in [3.63, 3.8) is 0 Å². The highest BCUT2D eigenvalue weighted by atomic mass is 32.1. The summed E-state index contributed by atoms with van der Waals surface area (Å²) < 4.78 is 37.8. The molecule has 0 unspecified atom stereocenters. The second-order valence-corrected chi connectivity index (χ2v) is 5.09. The maximum Gasteiger partial charge on any atom is 0.416 e. The lowest BCUT2D eigenvalue weighted by atomic mass is 10.1. The lowest BCUT2D eigenvalue weighted by Crippen LogP contribution is -2.14. The van der Waals surface area contributed by atoms with Crippen molar-refractivity contribution in [2.75, 3.05) is 5.32 Å². The monoisotopic (exact) mass is 312 g/mol. The Kier molecular flexibility index (Phi) is 4.19. The third kappa shape index (κ3) is 3.73. The summed E-state index contributed by atoms with van der Waals surface area (Å²) in [6.07, 6.45) is -2.89. The fourth-order valence-corrected chi connectivity index (χ4v) is 2.02. The van der Waals surface area contributed by atoms with E-state index in [1.807, 2.05) is 0 Å². The van der Waals surface area contributed by atoms with Gasteiger partial charge in [0.25, 0.3) is 0 Å². The molecule has 1 aromatic carbocycles. The SMILES string of the molecule is N#C/C(C(=S)Nc1cccc(C(F)(F)F)c1)=C(/O)C1CC1. The molecule has 0 heterocycles. The van der Waals surface area contributed by atoms with Gasteiger partial charge in [0.05, 0.1) is 5.56 Å². The molecular weight excluding hydrogens is 301 g/mol. The van der Waals surface area contributed by atoms with Gasteiger partial charge in [-0.1, -0.05) is 18.3 Å². The Morgan fingerprint density at radius 3 is 2.57 bits per heavy atom. The van der Waals surface area contributed by atoms with Crippen molar-refractivity contribution in [3.8, 4) is 6.07 Å². The molecule has 110 valence electrons. The van der Waals surface area contributed by atoms with E-state index in [4.69, 9.17) is 17.5 Å². The molecule has 0 amide bonds. The minimum atomic E-state index is -4.46. The van der Waals surface area contributed by atoms with Crippen molar-refractivity contribution < 1.29 is 18.3 Å². The van der Waals surface area contributed by atoms with Gasteiger partial charge in [0, 0.05) is 11.6 Å². The van der Waals surface area contributed by atoms with Crippen LogP contribution >= 0.6 is 12.2 Å². The summed E-state index contributed by atoms with van der Waals surface area (Å²) in [6.45, 7) is 0. The molecule has 0 bridgehead atoms. The molecule has 1 fully saturated rings. The van der Waals surface area contributed by atoms with Crippen LogP contribution in [-0.4, -0.2) is 10.1 Å². The molecule has 0 spiro atoms. The van der Waals surface area contributed by atoms with E-state index in [0.29, 0.717) is 0 Å². The van der Waals surface area contributed by atoms with E-state index in [-0.39, 0.29) is 27.9 Å². The molecule has 0 radical (unpaired) electrons. The highest BCUT2D eigenvalue weighted by Crippen LogP contribution is 2.37. The van der Waals surface area contributed by atoms with E-state index in [1.165, 1.54) is 12.1 Å². The Labute approximate surface area is 124 Å². The lowest BCUT2D eigenvalue weighted by molar-refractivity contribution is -0.137. The average molecular weight is 312 g/mol. The number of halogens is 3. The van der Waals surface area contributed by atoms with Gasteiger partial charge in [0.2, 0.25) is 0 Å². The summed E-state index contributed by atoms with van der Waals surface area (Å²) in [6, 6.07) is 6.28. The van der Waals surface area contributed by atoms with Gasteiger partial charge in [0.1, 0.15) is 22.4 Å². The number of nitrogens with one attached hydrogen (secondary N) is 1. The predicted molar refractivity (Wildman–Crippen MR) is 75.7 cm³/mol. The van der Waals surface area contributed by atoms with Crippen LogP contribution in [0.25, 0.3) is 0 Å². The second kappa shape index (κ2) is 5.74. The Bertz CT molecular complexity index is 642. The molecule has 1 aliphatic carbocycles. The largest absolute Gasteiger partial charge is 0.511 e. The Balaban J connectivity index is 2.20. The highest BCUT2D eigenvalue weighted by molar-refractivity contribution is 7.81. The van der Waals surface area contributed by atoms with Gasteiger partial charge < -0.3 is 10.4 Å². The van der Waals surface area contributed by atoms with Gasteiger partial charge in [-0.05, 0) is 31.0 Å². The number of anilines is 1. The Morgan fingerprint density at radius 1 is 1.38 bits per heavy atom. The number of hydrogen-bond acceptors (Lipinski definition) is 3. The standard InChI is InChI=1S/C14H11F3N2OS/c15-14(16,17)9-2-1-3-10(6-9)19-13(21)11(7-18)12(20)8-4-5-8/h1-3,6,8,20H,4-5H2,(H,19,21)/b12-11-. The molecule has 0 atom stereocenters. The van der Waals surface area contributed by atoms with Crippen LogP contribution in [0.1, 0.15) is 18.4 Å². The van der Waals surface area contributed by atoms with E-state index in [2.05, 4.69) is 5.32 Å². The fourth-order valence-electron chi connectivity index (χ4n) is 1.75. The fraction of sp³-hybridized carbons (Fsp3) is 0.286. The Hall–Kier alpha value is -2.07. The van der Waals surface area contributed by atoms with Crippen molar-refractivity contribution in [1.29, 1.82) is 5.26 Å². The van der Waals surface area contributed by atoms with E-state index in [9.17, 15) is 18.3 Å². The van der Waals surface area contributed by atoms with Crippen molar-refractivity contribution in [1.82, 2.24) is 0 Å². The summed E-state index contributed by atoms with van der Waals surface area (Å²) >= 11 is 4.98. The number of alkyl halides is 3. The van der Waals surface area contributed by atoms with Crippen LogP contribution in [0.2, 0.25) is 0 Å². The predicted octanol–water partition coefficient (Wildman–Crippen LogP) is 4.19. The van der Waals surface area contributed by atoms with Crippen molar-refractivity contribution in [3.05, 3.63) is 41.2 Å². The molecule has 1 aromatic rings. The van der Waals surface area contributed by atoms with Crippen LogP contribution in [0, 0.1) is 17.2 Å². The topological polar surface area (TPSA) is 56.0 Å². The normalized spacial score (nSPS) is 15.9. The van der Waals surface area contributed by atoms with Crippen LogP contribution in [0.4, 0.5) is 18.9 Å². The smallest absolute Gasteiger partial charge is 0.416 e. The van der Waals surface area contributed by atoms with Crippen molar-refractivity contribution >= 4 is 22.9 Å². The summed E-state index contributed by atoms with van der Waals surface area (Å²) in [5, 5.41) is 21.4. The lowest BCUT2D eigenvalue weighted by Gasteiger charge is -2.11. The maximum atomic E-state index is 12.6. The van der Waals surface area contributed by atoms with E-state index >= 15 is 0 Å². The molecule has 2 N–H and O–H groups in total. The quantitative estimate of drug-likeness (QED) is 0.380. The minimum Gasteiger partial charge on any atom is -0.511 e. The van der Waals surface area contributed by atoms with Gasteiger partial charge in [-0.15, -0.1) is 0 Å². The number of hydrogen-bond donors (Lipinski definition) is 2. The van der Waals surface area contributed by atoms with Crippen molar-refractivity contribution in [2.45, 2.75) is 19.0 Å². The molecular formula is C14H11F3N2OS. The second-order valence-electron chi connectivity index (χ2n) is 4.68. The number of rotatable bonds is 3. The number of benzene rings is 1. The summed E-state index contributed by atoms with van der Waals surface area (Å²) in [5.41, 5.74) is -0.791. The van der Waals surface area contributed by atoms with Crippen molar-refractivity contribution in [2.24, 2.45) is 5.92 Å². The average Bonchev–Trinajstić information content (AvgIpc) is 3.23. The zero-order valence-electron chi connectivity index (χ0n) is 10.7. The maximum absolute atomic E-state index is 12.6. The van der Waals surface area contributed by atoms with Crippen LogP contribution in [0.5, 0.6) is 0 Å². The first-order valence-electron chi connectivity index (χ1n) is 6.14. The molecule has 2 rings (SSSR count). The molecule has 0 saturated heterocycles. The zero-order chi connectivity index (χ0) is 15.6. The van der Waals surface area contributed by atoms with Gasteiger partial charge >= 0.3 is 6.18 Å². The van der Waals surface area contributed by atoms with Crippen LogP contribution < -0.4 is 5.32 Å². The van der Waals surface area contributed by atoms with Gasteiger partial charge in [-0.2, -0.15) is 18.4 Å². The molecule has 0 aromatic heterocycles. The van der Waals surface area contributed by atoms with E-state index in [0.717, 1.165) is 25.0 Å². The number of aliphatic hydroxyl groups is 1. The van der Waals surface area contributed by atoms with Gasteiger partial charge in [-0.3, -0.25) is 0 Å². The molecule has 3 nitrogen and oxygen atoms in total. The third-order valence-corrected chi connectivity index (χ3v) is 3.31. The van der Waals surface area contributed by atoms with E-state index in [1.54, 1.807) is 6.07 Å². The van der Waals surface area contributed by atoms with Crippen LogP contribution in [-0.2, 0) is 6.18 Å². The molecule has 1 saturated carbocycles. The summed E-state index contributed by atoms with van der Waals surface area (Å²) in [4.78, 5) is -0.0822. The first-order valence-corrected chi connectivity index (χ1v) is 6.55. The molecule has 0 aliphatic heterocycles. The minimum absolute atomic E-state index is 0.0686. The van der Waals surface area contributed by atoms with E-state index < -0.39 is 11.7 Å². The van der Waals surface area contributed by atoms with Gasteiger partial charge in [-0.25, -0.2) is 0 Å². The molecule has 21 heavy (non-hydrogen) atoms. The molecule has 7 heteroatoms.